The number of carbonyl (C=O) groups is 1. The van der Waals surface area contributed by atoms with E-state index in [1.165, 1.54) is 0 Å². The zero-order valence-corrected chi connectivity index (χ0v) is 16.2. The molecule has 0 aromatic heterocycles. The minimum absolute atomic E-state index is 0.103. The molecule has 0 atom stereocenters. The van der Waals surface area contributed by atoms with Crippen LogP contribution < -0.4 is 0 Å². The van der Waals surface area contributed by atoms with Crippen molar-refractivity contribution in [3.05, 3.63) is 31.8 Å². The summed E-state index contributed by atoms with van der Waals surface area (Å²) < 4.78 is 1.94. The molecule has 5 heteroatoms. The van der Waals surface area contributed by atoms with Crippen molar-refractivity contribution in [2.75, 3.05) is 33.7 Å². The minimum Gasteiger partial charge on any atom is -0.337 e. The van der Waals surface area contributed by atoms with Gasteiger partial charge in [-0.2, -0.15) is 0 Å². The molecule has 0 aliphatic carbocycles. The van der Waals surface area contributed by atoms with Crippen LogP contribution in [0.2, 0.25) is 0 Å². The van der Waals surface area contributed by atoms with E-state index in [2.05, 4.69) is 57.3 Å². The number of hydrogen-bond acceptors (Lipinski definition) is 2. The Balaban J connectivity index is 2.93. The first-order valence-electron chi connectivity index (χ1n) is 6.70. The molecule has 0 N–H and O–H groups in total. The summed E-state index contributed by atoms with van der Waals surface area (Å²) in [4.78, 5) is 16.8. The normalized spacial score (nSPS) is 11.2. The van der Waals surface area contributed by atoms with Gasteiger partial charge in [-0.25, -0.2) is 0 Å². The van der Waals surface area contributed by atoms with Crippen molar-refractivity contribution in [3.8, 4) is 0 Å². The molecular formula is C15H22BrIN2O. The molecule has 0 bridgehead atoms. The molecule has 20 heavy (non-hydrogen) atoms. The van der Waals surface area contributed by atoms with Gasteiger partial charge in [-0.15, -0.1) is 0 Å². The van der Waals surface area contributed by atoms with Gasteiger partial charge in [-0.1, -0.05) is 13.8 Å². The molecule has 1 amide bonds. The third-order valence-corrected chi connectivity index (χ3v) is 4.21. The lowest BCUT2D eigenvalue weighted by Crippen LogP contribution is -2.39. The second kappa shape index (κ2) is 8.34. The van der Waals surface area contributed by atoms with E-state index in [9.17, 15) is 4.79 Å². The van der Waals surface area contributed by atoms with E-state index >= 15 is 0 Å². The van der Waals surface area contributed by atoms with E-state index in [1.54, 1.807) is 0 Å². The highest BCUT2D eigenvalue weighted by molar-refractivity contribution is 14.1. The fourth-order valence-corrected chi connectivity index (χ4v) is 2.78. The van der Waals surface area contributed by atoms with Crippen molar-refractivity contribution in [2.24, 2.45) is 5.92 Å². The molecule has 0 fully saturated rings. The van der Waals surface area contributed by atoms with E-state index in [0.717, 1.165) is 33.2 Å². The van der Waals surface area contributed by atoms with Crippen molar-refractivity contribution in [3.63, 3.8) is 0 Å². The number of benzene rings is 1. The van der Waals surface area contributed by atoms with Gasteiger partial charge < -0.3 is 9.80 Å². The maximum atomic E-state index is 12.7. The van der Waals surface area contributed by atoms with Gasteiger partial charge >= 0.3 is 0 Å². The van der Waals surface area contributed by atoms with E-state index in [-0.39, 0.29) is 5.91 Å². The Morgan fingerprint density at radius 3 is 2.50 bits per heavy atom. The highest BCUT2D eigenvalue weighted by Gasteiger charge is 2.19. The topological polar surface area (TPSA) is 23.6 Å². The average Bonchev–Trinajstić information content (AvgIpc) is 2.36. The molecule has 0 aliphatic rings. The highest BCUT2D eigenvalue weighted by Crippen LogP contribution is 2.21. The number of halogens is 2. The van der Waals surface area contributed by atoms with Crippen LogP contribution in [0.4, 0.5) is 0 Å². The number of likely N-dealkylation sites (N-methyl/N-ethyl adjacent to an activating group) is 1. The Bertz CT molecular complexity index is 463. The van der Waals surface area contributed by atoms with Crippen molar-refractivity contribution >= 4 is 44.4 Å². The van der Waals surface area contributed by atoms with Gasteiger partial charge in [0.2, 0.25) is 0 Å². The van der Waals surface area contributed by atoms with Crippen LogP contribution in [0.5, 0.6) is 0 Å². The zero-order valence-electron chi connectivity index (χ0n) is 12.5. The quantitative estimate of drug-likeness (QED) is 0.614. The molecule has 1 aromatic rings. The summed E-state index contributed by atoms with van der Waals surface area (Å²) in [6.45, 7) is 6.69. The smallest absolute Gasteiger partial charge is 0.255 e. The van der Waals surface area contributed by atoms with E-state index in [0.29, 0.717) is 5.92 Å². The van der Waals surface area contributed by atoms with Crippen LogP contribution in [-0.4, -0.2) is 49.4 Å². The third-order valence-electron chi connectivity index (χ3n) is 2.85. The van der Waals surface area contributed by atoms with Crippen molar-refractivity contribution in [1.29, 1.82) is 0 Å². The Labute approximate surface area is 144 Å². The fourth-order valence-electron chi connectivity index (χ4n) is 1.87. The number of nitrogens with zero attached hydrogens (tertiary/aromatic N) is 2. The lowest BCUT2D eigenvalue weighted by Gasteiger charge is -2.26. The van der Waals surface area contributed by atoms with Crippen LogP contribution in [0.25, 0.3) is 0 Å². The van der Waals surface area contributed by atoms with Gasteiger partial charge in [-0.05, 0) is 76.7 Å². The lowest BCUT2D eigenvalue weighted by molar-refractivity contribution is 0.0723. The maximum absolute atomic E-state index is 12.7. The molecule has 0 saturated heterocycles. The van der Waals surface area contributed by atoms with Crippen LogP contribution >= 0.6 is 38.5 Å². The Hall–Kier alpha value is -0.140. The van der Waals surface area contributed by atoms with E-state index < -0.39 is 0 Å². The van der Waals surface area contributed by atoms with Crippen molar-refractivity contribution in [1.82, 2.24) is 9.80 Å². The van der Waals surface area contributed by atoms with Gasteiger partial charge in [0.1, 0.15) is 0 Å². The number of carbonyl (C=O) groups excluding carboxylic acids is 1. The number of amides is 1. The molecule has 0 unspecified atom stereocenters. The Morgan fingerprint density at radius 2 is 1.95 bits per heavy atom. The predicted octanol–water partition coefficient (Wildman–Crippen LogP) is 3.71. The first-order chi connectivity index (χ1) is 9.31. The minimum atomic E-state index is 0.103. The molecule has 112 valence electrons. The Morgan fingerprint density at radius 1 is 1.30 bits per heavy atom. The van der Waals surface area contributed by atoms with Gasteiger partial charge in [-0.3, -0.25) is 4.79 Å². The molecular weight excluding hydrogens is 431 g/mol. The van der Waals surface area contributed by atoms with Crippen molar-refractivity contribution in [2.45, 2.75) is 13.8 Å². The van der Waals surface area contributed by atoms with Crippen LogP contribution in [0.15, 0.2) is 22.7 Å². The lowest BCUT2D eigenvalue weighted by atomic mass is 10.1. The summed E-state index contributed by atoms with van der Waals surface area (Å²) in [6.07, 6.45) is 0. The van der Waals surface area contributed by atoms with Crippen LogP contribution in [0.3, 0.4) is 0 Å². The number of hydrogen-bond donors (Lipinski definition) is 0. The van der Waals surface area contributed by atoms with E-state index in [1.807, 2.05) is 37.2 Å². The van der Waals surface area contributed by atoms with Gasteiger partial charge in [0.25, 0.3) is 5.91 Å². The van der Waals surface area contributed by atoms with Gasteiger partial charge in [0, 0.05) is 27.7 Å². The number of rotatable bonds is 6. The first-order valence-corrected chi connectivity index (χ1v) is 8.57. The maximum Gasteiger partial charge on any atom is 0.255 e. The van der Waals surface area contributed by atoms with Crippen LogP contribution in [0.1, 0.15) is 24.2 Å². The average molecular weight is 453 g/mol. The SMILES string of the molecule is CC(C)CN(CCN(C)C)C(=O)c1cc(I)ccc1Br. The third kappa shape index (κ3) is 5.69. The van der Waals surface area contributed by atoms with Crippen LogP contribution in [-0.2, 0) is 0 Å². The summed E-state index contributed by atoms with van der Waals surface area (Å²) in [6, 6.07) is 5.87. The molecule has 0 radical (unpaired) electrons. The predicted molar refractivity (Wildman–Crippen MR) is 96.2 cm³/mol. The van der Waals surface area contributed by atoms with Crippen LogP contribution in [0, 0.1) is 9.49 Å². The molecule has 3 nitrogen and oxygen atoms in total. The highest BCUT2D eigenvalue weighted by atomic mass is 127. The molecule has 0 spiro atoms. The standard InChI is InChI=1S/C15H22BrIN2O/c1-11(2)10-19(8-7-18(3)4)15(20)13-9-12(17)5-6-14(13)16/h5-6,9,11H,7-8,10H2,1-4H3. The van der Waals surface area contributed by atoms with Crippen molar-refractivity contribution < 1.29 is 4.79 Å². The second-order valence-electron chi connectivity index (χ2n) is 5.57. The first kappa shape index (κ1) is 17.9. The van der Waals surface area contributed by atoms with Gasteiger partial charge in [0.05, 0.1) is 5.56 Å². The molecule has 1 rings (SSSR count). The molecule has 0 heterocycles. The monoisotopic (exact) mass is 452 g/mol. The second-order valence-corrected chi connectivity index (χ2v) is 7.67. The molecule has 0 saturated carbocycles. The summed E-state index contributed by atoms with van der Waals surface area (Å²) in [5.74, 6) is 0.564. The fraction of sp³-hybridized carbons (Fsp3) is 0.533. The molecule has 1 aromatic carbocycles. The van der Waals surface area contributed by atoms with E-state index in [4.69, 9.17) is 0 Å². The largest absolute Gasteiger partial charge is 0.337 e. The summed E-state index contributed by atoms with van der Waals surface area (Å²) in [5, 5.41) is 0. The van der Waals surface area contributed by atoms with Gasteiger partial charge in [0.15, 0.2) is 0 Å². The summed E-state index contributed by atoms with van der Waals surface area (Å²) in [7, 11) is 4.05. The Kier molecular flexibility index (Phi) is 7.47. The summed E-state index contributed by atoms with van der Waals surface area (Å²) in [5.41, 5.74) is 0.747. The molecule has 0 aliphatic heterocycles. The summed E-state index contributed by atoms with van der Waals surface area (Å²) >= 11 is 5.72. The zero-order chi connectivity index (χ0) is 15.3.